The van der Waals surface area contributed by atoms with E-state index in [4.69, 9.17) is 31.9 Å². The Morgan fingerprint density at radius 1 is 1.23 bits per heavy atom. The standard InChI is InChI=1S/C10H13ClN5O7P.C6H15N/c11-10-14-7(12)4-8(15-10)16(2-13-4)9-6(18)5(17)3(23-9)1-22-24(19,20)21;1-4-7(5-2)6-3/h2-3,5-6,9,17-18H,1H2,(H2,12,14,15)(H2,19,20,21);4-6H2,1-3H3/t3-,5-,6-,9-;/m1./s1. The number of phosphoric ester groups is 1. The molecule has 2 aromatic rings. The summed E-state index contributed by atoms with van der Waals surface area (Å²) >= 11 is 5.75. The van der Waals surface area contributed by atoms with Gasteiger partial charge in [-0.1, -0.05) is 20.8 Å². The number of nitrogen functional groups attached to an aromatic ring is 1. The van der Waals surface area contributed by atoms with E-state index in [0.717, 1.165) is 0 Å². The number of rotatable bonds is 7. The lowest BCUT2D eigenvalue weighted by molar-refractivity contribution is -0.0504. The number of aliphatic hydroxyl groups is 2. The van der Waals surface area contributed by atoms with Crippen molar-refractivity contribution in [3.8, 4) is 0 Å². The molecular formula is C16H28ClN6O7P. The highest BCUT2D eigenvalue weighted by Crippen LogP contribution is 2.38. The van der Waals surface area contributed by atoms with Crippen LogP contribution >= 0.6 is 19.4 Å². The molecular weight excluding hydrogens is 455 g/mol. The summed E-state index contributed by atoms with van der Waals surface area (Å²) < 4.78 is 21.8. The normalized spacial score (nSPS) is 23.9. The van der Waals surface area contributed by atoms with Gasteiger partial charge in [0, 0.05) is 0 Å². The van der Waals surface area contributed by atoms with Gasteiger partial charge in [-0.25, -0.2) is 9.55 Å². The fraction of sp³-hybridized carbons (Fsp3) is 0.688. The number of ether oxygens (including phenoxy) is 1. The van der Waals surface area contributed by atoms with E-state index in [1.165, 1.54) is 30.5 Å². The Bertz CT molecular complexity index is 902. The van der Waals surface area contributed by atoms with Gasteiger partial charge < -0.3 is 35.4 Å². The fourth-order valence-corrected chi connectivity index (χ4v) is 3.55. The van der Waals surface area contributed by atoms with Gasteiger partial charge in [-0.3, -0.25) is 9.09 Å². The lowest BCUT2D eigenvalue weighted by Crippen LogP contribution is -2.33. The molecule has 3 heterocycles. The molecule has 0 aromatic carbocycles. The van der Waals surface area contributed by atoms with E-state index in [1.807, 2.05) is 0 Å². The molecule has 1 aliphatic rings. The molecule has 1 aliphatic heterocycles. The molecule has 13 nitrogen and oxygen atoms in total. The Kier molecular flexibility index (Phi) is 9.13. The van der Waals surface area contributed by atoms with Crippen LogP contribution in [0.4, 0.5) is 5.82 Å². The van der Waals surface area contributed by atoms with Crippen molar-refractivity contribution >= 4 is 36.4 Å². The molecule has 0 spiro atoms. The average molecular weight is 483 g/mol. The molecule has 15 heteroatoms. The SMILES string of the molecule is CCN(CC)CC.Nc1nc(Cl)nc2c1ncn2[C@@H]1O[C@H](COP(=O)(O)O)[C@@H](O)[C@H]1O. The van der Waals surface area contributed by atoms with Crippen molar-refractivity contribution in [1.29, 1.82) is 0 Å². The predicted molar refractivity (Wildman–Crippen MR) is 112 cm³/mol. The van der Waals surface area contributed by atoms with Crippen molar-refractivity contribution in [3.63, 3.8) is 0 Å². The number of anilines is 1. The number of halogens is 1. The van der Waals surface area contributed by atoms with Crippen LogP contribution in [0.3, 0.4) is 0 Å². The summed E-state index contributed by atoms with van der Waals surface area (Å²) in [5.74, 6) is 0.0261. The second-order valence-electron chi connectivity index (χ2n) is 6.65. The van der Waals surface area contributed by atoms with Crippen LogP contribution in [0.1, 0.15) is 27.0 Å². The van der Waals surface area contributed by atoms with Crippen LogP contribution in [-0.2, 0) is 13.8 Å². The number of phosphoric acid groups is 1. The summed E-state index contributed by atoms with van der Waals surface area (Å²) in [5.41, 5.74) is 6.07. The molecule has 0 unspecified atom stereocenters. The highest BCUT2D eigenvalue weighted by molar-refractivity contribution is 7.46. The zero-order valence-corrected chi connectivity index (χ0v) is 19.0. The van der Waals surface area contributed by atoms with Crippen LogP contribution in [0.15, 0.2) is 6.33 Å². The second-order valence-corrected chi connectivity index (χ2v) is 8.23. The largest absolute Gasteiger partial charge is 0.469 e. The van der Waals surface area contributed by atoms with Crippen LogP contribution in [0.2, 0.25) is 5.28 Å². The maximum Gasteiger partial charge on any atom is 0.469 e. The average Bonchev–Trinajstić information content (AvgIpc) is 3.23. The molecule has 1 saturated heterocycles. The van der Waals surface area contributed by atoms with Gasteiger partial charge in [-0.05, 0) is 31.2 Å². The zero-order valence-electron chi connectivity index (χ0n) is 17.4. The van der Waals surface area contributed by atoms with Crippen molar-refractivity contribution in [2.24, 2.45) is 0 Å². The molecule has 4 atom stereocenters. The van der Waals surface area contributed by atoms with Gasteiger partial charge in [0.1, 0.15) is 23.8 Å². The molecule has 0 saturated carbocycles. The highest BCUT2D eigenvalue weighted by atomic mass is 35.5. The number of nitrogens with zero attached hydrogens (tertiary/aromatic N) is 5. The minimum Gasteiger partial charge on any atom is -0.387 e. The van der Waals surface area contributed by atoms with Gasteiger partial charge in [0.05, 0.1) is 12.9 Å². The van der Waals surface area contributed by atoms with Crippen LogP contribution in [0.25, 0.3) is 11.2 Å². The van der Waals surface area contributed by atoms with E-state index in [2.05, 4.69) is 45.1 Å². The Morgan fingerprint density at radius 3 is 2.35 bits per heavy atom. The van der Waals surface area contributed by atoms with Gasteiger partial charge in [-0.2, -0.15) is 9.97 Å². The van der Waals surface area contributed by atoms with Crippen molar-refractivity contribution in [1.82, 2.24) is 24.4 Å². The van der Waals surface area contributed by atoms with E-state index >= 15 is 0 Å². The number of imidazole rings is 1. The van der Waals surface area contributed by atoms with Crippen LogP contribution < -0.4 is 5.73 Å². The van der Waals surface area contributed by atoms with E-state index in [-0.39, 0.29) is 22.3 Å². The molecule has 0 bridgehead atoms. The van der Waals surface area contributed by atoms with Gasteiger partial charge in [0.15, 0.2) is 17.7 Å². The first-order valence-corrected chi connectivity index (χ1v) is 11.5. The molecule has 6 N–H and O–H groups in total. The lowest BCUT2D eigenvalue weighted by atomic mass is 10.1. The van der Waals surface area contributed by atoms with Gasteiger partial charge in [-0.15, -0.1) is 0 Å². The molecule has 2 aromatic heterocycles. The maximum atomic E-state index is 10.7. The number of hydrogen-bond donors (Lipinski definition) is 5. The zero-order chi connectivity index (χ0) is 23.3. The molecule has 3 rings (SSSR count). The van der Waals surface area contributed by atoms with Crippen LogP contribution in [0, 0.1) is 0 Å². The number of aliphatic hydroxyl groups excluding tert-OH is 2. The Balaban J connectivity index is 0.000000423. The number of hydrogen-bond acceptors (Lipinski definition) is 10. The predicted octanol–water partition coefficient (Wildman–Crippen LogP) is 0.138. The topological polar surface area (TPSA) is 189 Å². The lowest BCUT2D eigenvalue weighted by Gasteiger charge is -2.16. The Morgan fingerprint density at radius 2 is 1.84 bits per heavy atom. The van der Waals surface area contributed by atoms with Crippen LogP contribution in [0.5, 0.6) is 0 Å². The first kappa shape index (κ1) is 25.8. The van der Waals surface area contributed by atoms with E-state index < -0.39 is 39.0 Å². The summed E-state index contributed by atoms with van der Waals surface area (Å²) in [5, 5.41) is 20.0. The summed E-state index contributed by atoms with van der Waals surface area (Å²) in [4.78, 5) is 31.5. The van der Waals surface area contributed by atoms with Gasteiger partial charge in [0.2, 0.25) is 5.28 Å². The molecule has 1 fully saturated rings. The minimum atomic E-state index is -4.74. The minimum absolute atomic E-state index is 0.0261. The molecule has 31 heavy (non-hydrogen) atoms. The summed E-state index contributed by atoms with van der Waals surface area (Å²) in [6.07, 6.45) is -3.93. The maximum absolute atomic E-state index is 10.7. The third-order valence-electron chi connectivity index (χ3n) is 4.78. The Labute approximate surface area is 184 Å². The third kappa shape index (κ3) is 6.54. The first-order valence-electron chi connectivity index (χ1n) is 9.61. The van der Waals surface area contributed by atoms with Crippen molar-refractivity contribution in [2.75, 3.05) is 32.0 Å². The third-order valence-corrected chi connectivity index (χ3v) is 5.44. The van der Waals surface area contributed by atoms with Crippen molar-refractivity contribution < 1.29 is 33.8 Å². The van der Waals surface area contributed by atoms with Crippen molar-refractivity contribution in [3.05, 3.63) is 11.6 Å². The Hall–Kier alpha value is -1.41. The highest BCUT2D eigenvalue weighted by Gasteiger charge is 2.45. The number of nitrogens with two attached hydrogens (primary N) is 1. The summed E-state index contributed by atoms with van der Waals surface area (Å²) in [6.45, 7) is 9.50. The fourth-order valence-electron chi connectivity index (χ4n) is 3.04. The van der Waals surface area contributed by atoms with Gasteiger partial charge >= 0.3 is 7.82 Å². The molecule has 0 amide bonds. The van der Waals surface area contributed by atoms with E-state index in [0.29, 0.717) is 0 Å². The summed E-state index contributed by atoms with van der Waals surface area (Å²) in [6, 6.07) is 0. The molecule has 176 valence electrons. The van der Waals surface area contributed by atoms with E-state index in [9.17, 15) is 14.8 Å². The first-order chi connectivity index (χ1) is 14.5. The van der Waals surface area contributed by atoms with Crippen LogP contribution in [-0.4, -0.2) is 89.0 Å². The monoisotopic (exact) mass is 482 g/mol. The smallest absolute Gasteiger partial charge is 0.387 e. The number of aromatic nitrogens is 4. The number of fused-ring (bicyclic) bond motifs is 1. The molecule has 0 radical (unpaired) electrons. The molecule has 0 aliphatic carbocycles. The van der Waals surface area contributed by atoms with Crippen molar-refractivity contribution in [2.45, 2.75) is 45.3 Å². The van der Waals surface area contributed by atoms with E-state index in [1.54, 1.807) is 0 Å². The quantitative estimate of drug-likeness (QED) is 0.265. The summed E-state index contributed by atoms with van der Waals surface area (Å²) in [7, 11) is -4.74. The second kappa shape index (κ2) is 10.9. The van der Waals surface area contributed by atoms with Gasteiger partial charge in [0.25, 0.3) is 0 Å².